The smallest absolute Gasteiger partial charge is 0.322 e. The van der Waals surface area contributed by atoms with E-state index in [-0.39, 0.29) is 5.97 Å². The van der Waals surface area contributed by atoms with E-state index in [2.05, 4.69) is 30.9 Å². The molecule has 2 N–H and O–H groups in total. The standard InChI is InChI=1S/C17H26N2O2/c1-12-9-14(11-15(18)17(20)21-3)10-13(2)16(12)19-7-5-4-6-8-19/h9-10,15H,4-8,11,18H2,1-3H3. The van der Waals surface area contributed by atoms with Gasteiger partial charge in [0.25, 0.3) is 0 Å². The predicted octanol–water partition coefficient (Wildman–Crippen LogP) is 2.34. The van der Waals surface area contributed by atoms with Crippen molar-refractivity contribution in [3.05, 3.63) is 28.8 Å². The molecule has 0 spiro atoms. The van der Waals surface area contributed by atoms with Crippen molar-refractivity contribution in [1.29, 1.82) is 0 Å². The minimum Gasteiger partial charge on any atom is -0.468 e. The van der Waals surface area contributed by atoms with Gasteiger partial charge in [0, 0.05) is 18.8 Å². The van der Waals surface area contributed by atoms with E-state index in [9.17, 15) is 4.79 Å². The number of rotatable bonds is 4. The van der Waals surface area contributed by atoms with Crippen LogP contribution in [0, 0.1) is 13.8 Å². The van der Waals surface area contributed by atoms with E-state index in [1.54, 1.807) is 0 Å². The Morgan fingerprint density at radius 3 is 2.33 bits per heavy atom. The van der Waals surface area contributed by atoms with E-state index in [1.807, 2.05) is 0 Å². The van der Waals surface area contributed by atoms with Crippen LogP contribution in [0.3, 0.4) is 0 Å². The van der Waals surface area contributed by atoms with Crippen LogP contribution >= 0.6 is 0 Å². The number of ether oxygens (including phenoxy) is 1. The van der Waals surface area contributed by atoms with Crippen molar-refractivity contribution < 1.29 is 9.53 Å². The summed E-state index contributed by atoms with van der Waals surface area (Å²) in [5.41, 5.74) is 10.8. The maximum atomic E-state index is 11.4. The highest BCUT2D eigenvalue weighted by atomic mass is 16.5. The number of anilines is 1. The van der Waals surface area contributed by atoms with Gasteiger partial charge in [-0.3, -0.25) is 4.79 Å². The monoisotopic (exact) mass is 290 g/mol. The minimum absolute atomic E-state index is 0.356. The SMILES string of the molecule is COC(=O)C(N)Cc1cc(C)c(N2CCCCC2)c(C)c1. The number of nitrogens with zero attached hydrogens (tertiary/aromatic N) is 1. The lowest BCUT2D eigenvalue weighted by Gasteiger charge is -2.32. The Morgan fingerprint density at radius 1 is 1.24 bits per heavy atom. The number of methoxy groups -OCH3 is 1. The number of hydrogen-bond donors (Lipinski definition) is 1. The van der Waals surface area contributed by atoms with Gasteiger partial charge in [-0.05, 0) is 56.2 Å². The number of hydrogen-bond acceptors (Lipinski definition) is 4. The van der Waals surface area contributed by atoms with Crippen LogP contribution in [0.1, 0.15) is 36.0 Å². The van der Waals surface area contributed by atoms with Crippen molar-refractivity contribution in [2.75, 3.05) is 25.1 Å². The van der Waals surface area contributed by atoms with E-state index in [0.717, 1.165) is 18.7 Å². The van der Waals surface area contributed by atoms with Crippen molar-refractivity contribution in [3.63, 3.8) is 0 Å². The van der Waals surface area contributed by atoms with E-state index >= 15 is 0 Å². The largest absolute Gasteiger partial charge is 0.468 e. The van der Waals surface area contributed by atoms with Crippen LogP contribution in [0.15, 0.2) is 12.1 Å². The zero-order chi connectivity index (χ0) is 15.4. The normalized spacial score (nSPS) is 16.7. The minimum atomic E-state index is -0.588. The third kappa shape index (κ3) is 3.76. The van der Waals surface area contributed by atoms with E-state index in [0.29, 0.717) is 6.42 Å². The van der Waals surface area contributed by atoms with Gasteiger partial charge in [-0.15, -0.1) is 0 Å². The Kier molecular flexibility index (Phi) is 5.23. The fourth-order valence-electron chi connectivity index (χ4n) is 3.27. The van der Waals surface area contributed by atoms with Gasteiger partial charge in [0.1, 0.15) is 6.04 Å². The summed E-state index contributed by atoms with van der Waals surface area (Å²) in [4.78, 5) is 13.9. The molecule has 0 saturated carbocycles. The molecule has 1 heterocycles. The maximum Gasteiger partial charge on any atom is 0.322 e. The molecule has 4 heteroatoms. The summed E-state index contributed by atoms with van der Waals surface area (Å²) in [5.74, 6) is -0.356. The molecule has 1 aromatic carbocycles. The second-order valence-corrected chi connectivity index (χ2v) is 5.96. The van der Waals surface area contributed by atoms with Gasteiger partial charge in [0.2, 0.25) is 0 Å². The fraction of sp³-hybridized carbons (Fsp3) is 0.588. The molecule has 116 valence electrons. The van der Waals surface area contributed by atoms with Gasteiger partial charge in [0.05, 0.1) is 7.11 Å². The lowest BCUT2D eigenvalue weighted by atomic mass is 9.97. The average molecular weight is 290 g/mol. The first-order valence-electron chi connectivity index (χ1n) is 7.71. The first-order chi connectivity index (χ1) is 10.0. The summed E-state index contributed by atoms with van der Waals surface area (Å²) in [6.45, 7) is 6.57. The summed E-state index contributed by atoms with van der Waals surface area (Å²) in [6, 6.07) is 3.72. The van der Waals surface area contributed by atoms with Gasteiger partial charge >= 0.3 is 5.97 Å². The summed E-state index contributed by atoms with van der Waals surface area (Å²) >= 11 is 0. The van der Waals surface area contributed by atoms with E-state index < -0.39 is 6.04 Å². The van der Waals surface area contributed by atoms with Crippen LogP contribution in [-0.4, -0.2) is 32.2 Å². The summed E-state index contributed by atoms with van der Waals surface area (Å²) < 4.78 is 4.69. The van der Waals surface area contributed by atoms with Gasteiger partial charge < -0.3 is 15.4 Å². The van der Waals surface area contributed by atoms with Gasteiger partial charge in [-0.2, -0.15) is 0 Å². The Labute approximate surface area is 127 Å². The zero-order valence-corrected chi connectivity index (χ0v) is 13.3. The molecule has 1 unspecified atom stereocenters. The number of benzene rings is 1. The van der Waals surface area contributed by atoms with Crippen LogP contribution in [0.4, 0.5) is 5.69 Å². The number of esters is 1. The van der Waals surface area contributed by atoms with Gasteiger partial charge in [0.15, 0.2) is 0 Å². The molecule has 0 bridgehead atoms. The topological polar surface area (TPSA) is 55.6 Å². The molecule has 1 fully saturated rings. The first-order valence-corrected chi connectivity index (χ1v) is 7.71. The van der Waals surface area contributed by atoms with Gasteiger partial charge in [-0.25, -0.2) is 0 Å². The van der Waals surface area contributed by atoms with E-state index in [4.69, 9.17) is 10.5 Å². The maximum absolute atomic E-state index is 11.4. The van der Waals surface area contributed by atoms with Crippen molar-refractivity contribution in [2.45, 2.75) is 45.6 Å². The van der Waals surface area contributed by atoms with Crippen LogP contribution in [0.5, 0.6) is 0 Å². The fourth-order valence-corrected chi connectivity index (χ4v) is 3.27. The third-order valence-corrected chi connectivity index (χ3v) is 4.18. The lowest BCUT2D eigenvalue weighted by Crippen LogP contribution is -2.34. The highest BCUT2D eigenvalue weighted by molar-refractivity contribution is 5.75. The number of aryl methyl sites for hydroxylation is 2. The second kappa shape index (κ2) is 6.94. The van der Waals surface area contributed by atoms with Crippen molar-refractivity contribution >= 4 is 11.7 Å². The van der Waals surface area contributed by atoms with Crippen LogP contribution in [0.2, 0.25) is 0 Å². The number of carbonyl (C=O) groups is 1. The van der Waals surface area contributed by atoms with E-state index in [1.165, 1.54) is 43.2 Å². The predicted molar refractivity (Wildman–Crippen MR) is 85.7 cm³/mol. The lowest BCUT2D eigenvalue weighted by molar-refractivity contribution is -0.142. The molecular weight excluding hydrogens is 264 g/mol. The molecule has 0 amide bonds. The molecule has 21 heavy (non-hydrogen) atoms. The molecule has 1 atom stereocenters. The Balaban J connectivity index is 2.18. The molecule has 0 aromatic heterocycles. The molecule has 4 nitrogen and oxygen atoms in total. The molecule has 2 rings (SSSR count). The quantitative estimate of drug-likeness (QED) is 0.865. The molecule has 1 saturated heterocycles. The van der Waals surface area contributed by atoms with Crippen LogP contribution in [-0.2, 0) is 16.0 Å². The van der Waals surface area contributed by atoms with Crippen LogP contribution in [0.25, 0.3) is 0 Å². The Hall–Kier alpha value is -1.55. The molecule has 1 aliphatic heterocycles. The Morgan fingerprint density at radius 2 is 1.81 bits per heavy atom. The summed E-state index contributed by atoms with van der Waals surface area (Å²) in [7, 11) is 1.37. The van der Waals surface area contributed by atoms with Crippen molar-refractivity contribution in [1.82, 2.24) is 0 Å². The number of carbonyl (C=O) groups excluding carboxylic acids is 1. The molecular formula is C17H26N2O2. The zero-order valence-electron chi connectivity index (χ0n) is 13.3. The third-order valence-electron chi connectivity index (χ3n) is 4.18. The average Bonchev–Trinajstić information content (AvgIpc) is 2.46. The van der Waals surface area contributed by atoms with Gasteiger partial charge in [-0.1, -0.05) is 12.1 Å². The molecule has 0 radical (unpaired) electrons. The van der Waals surface area contributed by atoms with Crippen LogP contribution < -0.4 is 10.6 Å². The van der Waals surface area contributed by atoms with Crippen molar-refractivity contribution in [3.8, 4) is 0 Å². The second-order valence-electron chi connectivity index (χ2n) is 5.96. The summed E-state index contributed by atoms with van der Waals surface area (Å²) in [5, 5.41) is 0. The number of piperidine rings is 1. The van der Waals surface area contributed by atoms with Crippen molar-refractivity contribution in [2.24, 2.45) is 5.73 Å². The Bertz CT molecular complexity index is 485. The summed E-state index contributed by atoms with van der Waals surface area (Å²) in [6.07, 6.45) is 4.40. The number of nitrogens with two attached hydrogens (primary N) is 1. The highest BCUT2D eigenvalue weighted by Gasteiger charge is 2.18. The highest BCUT2D eigenvalue weighted by Crippen LogP contribution is 2.29. The molecule has 0 aliphatic carbocycles. The molecule has 1 aromatic rings. The molecule has 1 aliphatic rings. The first kappa shape index (κ1) is 15.8.